The minimum atomic E-state index is -3.65. The topological polar surface area (TPSA) is 97.1 Å². The molecule has 0 aliphatic carbocycles. The molecule has 19 heavy (non-hydrogen) atoms. The average Bonchev–Trinajstić information content (AvgIpc) is 2.41. The lowest BCUT2D eigenvalue weighted by Gasteiger charge is -2.09. The third-order valence-corrected chi connectivity index (χ3v) is 4.60. The molecule has 6 nitrogen and oxygen atoms in total. The number of halogens is 1. The Kier molecular flexibility index (Phi) is 4.22. The number of para-hydroxylation sites is 1. The summed E-state index contributed by atoms with van der Waals surface area (Å²) in [5.41, 5.74) is 2.87. The molecule has 0 atom stereocenters. The Balaban J connectivity index is 2.30. The molecule has 4 N–H and O–H groups in total. The van der Waals surface area contributed by atoms with Crippen molar-refractivity contribution in [2.24, 2.45) is 5.84 Å². The number of aromatic nitrogens is 1. The smallest absolute Gasteiger partial charge is 0.263 e. The van der Waals surface area contributed by atoms with Crippen LogP contribution >= 0.6 is 22.6 Å². The number of hydrogen-bond acceptors (Lipinski definition) is 5. The van der Waals surface area contributed by atoms with E-state index in [0.717, 1.165) is 3.57 Å². The molecule has 0 fully saturated rings. The van der Waals surface area contributed by atoms with E-state index in [1.807, 2.05) is 12.1 Å². The number of pyridine rings is 1. The predicted molar refractivity (Wildman–Crippen MR) is 82.0 cm³/mol. The summed E-state index contributed by atoms with van der Waals surface area (Å²) in [5.74, 6) is 5.57. The summed E-state index contributed by atoms with van der Waals surface area (Å²) < 4.78 is 27.6. The maximum Gasteiger partial charge on any atom is 0.263 e. The molecule has 8 heteroatoms. The normalized spacial score (nSPS) is 11.1. The van der Waals surface area contributed by atoms with Crippen LogP contribution in [0.4, 0.5) is 11.5 Å². The van der Waals surface area contributed by atoms with Gasteiger partial charge in [-0.15, -0.1) is 0 Å². The molecule has 0 spiro atoms. The van der Waals surface area contributed by atoms with E-state index in [9.17, 15) is 8.42 Å². The van der Waals surface area contributed by atoms with Crippen molar-refractivity contribution in [2.45, 2.75) is 4.90 Å². The predicted octanol–water partition coefficient (Wildman–Crippen LogP) is 1.77. The second kappa shape index (κ2) is 5.72. The van der Waals surface area contributed by atoms with Gasteiger partial charge in [0.25, 0.3) is 10.0 Å². The molecule has 0 aliphatic heterocycles. The number of rotatable bonds is 4. The number of anilines is 2. The van der Waals surface area contributed by atoms with Crippen molar-refractivity contribution < 1.29 is 8.42 Å². The van der Waals surface area contributed by atoms with Gasteiger partial charge in [0.2, 0.25) is 0 Å². The summed E-state index contributed by atoms with van der Waals surface area (Å²) >= 11 is 2.06. The Hall–Kier alpha value is -1.39. The van der Waals surface area contributed by atoms with Gasteiger partial charge in [0.1, 0.15) is 10.7 Å². The molecule has 0 amide bonds. The first kappa shape index (κ1) is 14.0. The summed E-state index contributed by atoms with van der Waals surface area (Å²) in [6.45, 7) is 0. The molecular formula is C11H11IN4O2S. The van der Waals surface area contributed by atoms with E-state index in [0.29, 0.717) is 11.5 Å². The Morgan fingerprint density at radius 2 is 1.89 bits per heavy atom. The maximum absolute atomic E-state index is 12.1. The average molecular weight is 390 g/mol. The standard InChI is InChI=1S/C11H11IN4O2S/c12-9-3-1-2-4-10(9)16-19(17,18)8-5-6-11(15-13)14-7-8/h1-7,16H,13H2,(H,14,15). The first-order valence-electron chi connectivity index (χ1n) is 5.23. The zero-order chi connectivity index (χ0) is 13.9. The Labute approximate surface area is 124 Å². The van der Waals surface area contributed by atoms with Crippen molar-refractivity contribution in [1.82, 2.24) is 4.98 Å². The number of nitrogen functional groups attached to an aromatic ring is 1. The zero-order valence-electron chi connectivity index (χ0n) is 9.67. The molecular weight excluding hydrogens is 379 g/mol. The van der Waals surface area contributed by atoms with Crippen molar-refractivity contribution in [2.75, 3.05) is 10.1 Å². The third-order valence-electron chi connectivity index (χ3n) is 2.31. The van der Waals surface area contributed by atoms with E-state index >= 15 is 0 Å². The van der Waals surface area contributed by atoms with Gasteiger partial charge in [-0.2, -0.15) is 0 Å². The SMILES string of the molecule is NNc1ccc(S(=O)(=O)Nc2ccccc2I)cn1. The molecule has 0 bridgehead atoms. The fraction of sp³-hybridized carbons (Fsp3) is 0. The summed E-state index contributed by atoms with van der Waals surface area (Å²) in [5, 5.41) is 0. The first-order valence-corrected chi connectivity index (χ1v) is 7.79. The van der Waals surface area contributed by atoms with Crippen LogP contribution in [-0.2, 0) is 10.0 Å². The van der Waals surface area contributed by atoms with Gasteiger partial charge in [-0.3, -0.25) is 4.72 Å². The minimum absolute atomic E-state index is 0.0751. The van der Waals surface area contributed by atoms with Crippen molar-refractivity contribution in [3.05, 3.63) is 46.2 Å². The van der Waals surface area contributed by atoms with Gasteiger partial charge >= 0.3 is 0 Å². The lowest BCUT2D eigenvalue weighted by molar-refractivity contribution is 0.601. The summed E-state index contributed by atoms with van der Waals surface area (Å²) in [6, 6.07) is 10.0. The molecule has 0 radical (unpaired) electrons. The second-order valence-electron chi connectivity index (χ2n) is 3.61. The van der Waals surface area contributed by atoms with Gasteiger partial charge in [-0.25, -0.2) is 19.2 Å². The van der Waals surface area contributed by atoms with Crippen LogP contribution < -0.4 is 16.0 Å². The van der Waals surface area contributed by atoms with E-state index in [1.165, 1.54) is 18.3 Å². The number of sulfonamides is 1. The Bertz CT molecular complexity index is 673. The van der Waals surface area contributed by atoms with Crippen LogP contribution in [-0.4, -0.2) is 13.4 Å². The summed E-state index contributed by atoms with van der Waals surface area (Å²) in [7, 11) is -3.65. The van der Waals surface area contributed by atoms with Gasteiger partial charge in [0.05, 0.1) is 5.69 Å². The van der Waals surface area contributed by atoms with Gasteiger partial charge in [0.15, 0.2) is 0 Å². The summed E-state index contributed by atoms with van der Waals surface area (Å²) in [4.78, 5) is 3.95. The number of nitrogens with two attached hydrogens (primary N) is 1. The number of nitrogens with zero attached hydrogens (tertiary/aromatic N) is 1. The van der Waals surface area contributed by atoms with Crippen molar-refractivity contribution >= 4 is 44.1 Å². The Morgan fingerprint density at radius 1 is 1.16 bits per heavy atom. The number of hydrogen-bond donors (Lipinski definition) is 3. The molecule has 2 aromatic rings. The second-order valence-corrected chi connectivity index (χ2v) is 6.45. The van der Waals surface area contributed by atoms with E-state index in [4.69, 9.17) is 5.84 Å². The minimum Gasteiger partial charge on any atom is -0.308 e. The Morgan fingerprint density at radius 3 is 2.47 bits per heavy atom. The highest BCUT2D eigenvalue weighted by atomic mass is 127. The van der Waals surface area contributed by atoms with Crippen LogP contribution in [0.1, 0.15) is 0 Å². The van der Waals surface area contributed by atoms with E-state index < -0.39 is 10.0 Å². The maximum atomic E-state index is 12.1. The van der Waals surface area contributed by atoms with Crippen molar-refractivity contribution in [3.8, 4) is 0 Å². The monoisotopic (exact) mass is 390 g/mol. The fourth-order valence-electron chi connectivity index (χ4n) is 1.37. The molecule has 1 heterocycles. The molecule has 1 aromatic heterocycles. The van der Waals surface area contributed by atoms with E-state index in [1.54, 1.807) is 12.1 Å². The summed E-state index contributed by atoms with van der Waals surface area (Å²) in [6.07, 6.45) is 1.24. The van der Waals surface area contributed by atoms with Crippen LogP contribution in [0.15, 0.2) is 47.5 Å². The van der Waals surface area contributed by atoms with Crippen LogP contribution in [0.5, 0.6) is 0 Å². The van der Waals surface area contributed by atoms with Gasteiger partial charge in [-0.05, 0) is 46.9 Å². The number of benzene rings is 1. The number of hydrazine groups is 1. The highest BCUT2D eigenvalue weighted by molar-refractivity contribution is 14.1. The number of nitrogens with one attached hydrogen (secondary N) is 2. The van der Waals surface area contributed by atoms with Crippen LogP contribution in [0.3, 0.4) is 0 Å². The molecule has 2 rings (SSSR count). The lowest BCUT2D eigenvalue weighted by Crippen LogP contribution is -2.15. The molecule has 0 saturated heterocycles. The van der Waals surface area contributed by atoms with Crippen LogP contribution in [0.2, 0.25) is 0 Å². The van der Waals surface area contributed by atoms with Gasteiger partial charge < -0.3 is 5.43 Å². The van der Waals surface area contributed by atoms with E-state index in [2.05, 4.69) is 37.7 Å². The quantitative estimate of drug-likeness (QED) is 0.420. The molecule has 0 aliphatic rings. The highest BCUT2D eigenvalue weighted by Gasteiger charge is 2.15. The molecule has 0 unspecified atom stereocenters. The largest absolute Gasteiger partial charge is 0.308 e. The molecule has 0 saturated carbocycles. The van der Waals surface area contributed by atoms with E-state index in [-0.39, 0.29) is 4.90 Å². The van der Waals surface area contributed by atoms with Gasteiger partial charge in [-0.1, -0.05) is 12.1 Å². The van der Waals surface area contributed by atoms with Gasteiger partial charge in [0, 0.05) is 9.77 Å². The highest BCUT2D eigenvalue weighted by Crippen LogP contribution is 2.21. The van der Waals surface area contributed by atoms with Crippen LogP contribution in [0.25, 0.3) is 0 Å². The third kappa shape index (κ3) is 3.33. The first-order chi connectivity index (χ1) is 9.03. The lowest BCUT2D eigenvalue weighted by atomic mass is 10.3. The molecule has 1 aromatic carbocycles. The van der Waals surface area contributed by atoms with Crippen molar-refractivity contribution in [3.63, 3.8) is 0 Å². The zero-order valence-corrected chi connectivity index (χ0v) is 12.6. The van der Waals surface area contributed by atoms with Crippen LogP contribution in [0, 0.1) is 3.57 Å². The molecule has 100 valence electrons. The van der Waals surface area contributed by atoms with Crippen molar-refractivity contribution in [1.29, 1.82) is 0 Å². The fourth-order valence-corrected chi connectivity index (χ4v) is 3.10.